The quantitative estimate of drug-likeness (QED) is 0.468. The lowest BCUT2D eigenvalue weighted by Crippen LogP contribution is -2.36. The molecule has 1 amide bonds. The number of nitrogens with zero attached hydrogens (tertiary/aromatic N) is 2. The minimum absolute atomic E-state index is 0.108. The van der Waals surface area contributed by atoms with Gasteiger partial charge in [-0.25, -0.2) is 4.79 Å². The molecule has 0 spiro atoms. The molecule has 1 aromatic heterocycles. The molecule has 2 heterocycles. The number of carbonyl (C=O) groups excluding carboxylic acids is 1. The summed E-state index contributed by atoms with van der Waals surface area (Å²) in [6.07, 6.45) is 3.83. The number of aromatic carboxylic acids is 1. The Morgan fingerprint density at radius 3 is 2.47 bits per heavy atom. The first-order valence-electron chi connectivity index (χ1n) is 12.2. The van der Waals surface area contributed by atoms with Crippen LogP contribution in [0, 0.1) is 0 Å². The van der Waals surface area contributed by atoms with Gasteiger partial charge in [-0.3, -0.25) is 9.78 Å². The second kappa shape index (κ2) is 10.5. The van der Waals surface area contributed by atoms with Gasteiger partial charge >= 0.3 is 5.97 Å². The first kappa shape index (κ1) is 25.4. The standard InChI is InChI=1S/C29H32N2O5/c1-29(2,3)23-17-19(8-11-25(23)31-13-5-4-6-27(31)33)22-16-20(9-12-26(22)36-15-14-32)24-10-7-21(18-30-24)28(34)35/h7-12,16-18,32H,4-6,13-15H2,1-3H3,(H,34,35). The normalized spacial score (nSPS) is 14.1. The smallest absolute Gasteiger partial charge is 0.337 e. The molecule has 188 valence electrons. The largest absolute Gasteiger partial charge is 0.491 e. The van der Waals surface area contributed by atoms with Gasteiger partial charge in [-0.15, -0.1) is 0 Å². The molecular weight excluding hydrogens is 456 g/mol. The Labute approximate surface area is 211 Å². The van der Waals surface area contributed by atoms with Crippen LogP contribution in [0.4, 0.5) is 5.69 Å². The van der Waals surface area contributed by atoms with Crippen molar-refractivity contribution in [2.24, 2.45) is 0 Å². The van der Waals surface area contributed by atoms with Crippen molar-refractivity contribution in [2.75, 3.05) is 24.7 Å². The number of hydrogen-bond acceptors (Lipinski definition) is 5. The van der Waals surface area contributed by atoms with E-state index in [1.165, 1.54) is 12.3 Å². The van der Waals surface area contributed by atoms with E-state index in [0.717, 1.165) is 47.3 Å². The fraction of sp³-hybridized carbons (Fsp3) is 0.345. The SMILES string of the molecule is CC(C)(C)c1cc(-c2cc(-c3ccc(C(=O)O)cn3)ccc2OCCO)ccc1N1CCCCC1=O. The van der Waals surface area contributed by atoms with Crippen LogP contribution in [0.2, 0.25) is 0 Å². The number of carboxylic acid groups (broad SMARTS) is 1. The first-order chi connectivity index (χ1) is 17.2. The molecule has 0 unspecified atom stereocenters. The molecule has 1 saturated heterocycles. The lowest BCUT2D eigenvalue weighted by Gasteiger charge is -2.33. The van der Waals surface area contributed by atoms with Crippen molar-refractivity contribution in [1.82, 2.24) is 4.98 Å². The van der Waals surface area contributed by atoms with E-state index in [-0.39, 0.29) is 30.1 Å². The van der Waals surface area contributed by atoms with Crippen LogP contribution in [0.15, 0.2) is 54.7 Å². The molecule has 2 N–H and O–H groups in total. The van der Waals surface area contributed by atoms with E-state index in [9.17, 15) is 19.8 Å². The minimum atomic E-state index is -1.02. The Morgan fingerprint density at radius 2 is 1.83 bits per heavy atom. The van der Waals surface area contributed by atoms with Gasteiger partial charge in [-0.1, -0.05) is 26.8 Å². The summed E-state index contributed by atoms with van der Waals surface area (Å²) in [6, 6.07) is 15.0. The number of carbonyl (C=O) groups is 2. The molecule has 0 radical (unpaired) electrons. The third-order valence-electron chi connectivity index (χ3n) is 6.36. The van der Waals surface area contributed by atoms with E-state index in [4.69, 9.17) is 4.74 Å². The molecular formula is C29H32N2O5. The number of aromatic nitrogens is 1. The summed E-state index contributed by atoms with van der Waals surface area (Å²) in [5.41, 5.74) is 5.12. The molecule has 7 heteroatoms. The number of aliphatic hydroxyl groups excluding tert-OH is 1. The molecule has 4 rings (SSSR count). The molecule has 1 fully saturated rings. The fourth-order valence-corrected chi connectivity index (χ4v) is 4.49. The van der Waals surface area contributed by atoms with Crippen LogP contribution in [-0.4, -0.2) is 46.8 Å². The molecule has 7 nitrogen and oxygen atoms in total. The Hall–Kier alpha value is -3.71. The number of amides is 1. The maximum atomic E-state index is 12.7. The van der Waals surface area contributed by atoms with Crippen LogP contribution in [-0.2, 0) is 10.2 Å². The van der Waals surface area contributed by atoms with Crippen molar-refractivity contribution in [3.8, 4) is 28.1 Å². The molecule has 1 aliphatic rings. The molecule has 0 atom stereocenters. The van der Waals surface area contributed by atoms with Gasteiger partial charge < -0.3 is 19.8 Å². The third-order valence-corrected chi connectivity index (χ3v) is 6.36. The highest BCUT2D eigenvalue weighted by Gasteiger charge is 2.27. The lowest BCUT2D eigenvalue weighted by molar-refractivity contribution is -0.119. The van der Waals surface area contributed by atoms with Gasteiger partial charge in [0.15, 0.2) is 0 Å². The van der Waals surface area contributed by atoms with E-state index >= 15 is 0 Å². The minimum Gasteiger partial charge on any atom is -0.491 e. The maximum Gasteiger partial charge on any atom is 0.337 e. The molecule has 1 aliphatic heterocycles. The molecule has 0 saturated carbocycles. The summed E-state index contributed by atoms with van der Waals surface area (Å²) < 4.78 is 5.86. The summed E-state index contributed by atoms with van der Waals surface area (Å²) in [5.74, 6) is -0.245. The average molecular weight is 489 g/mol. The lowest BCUT2D eigenvalue weighted by atomic mass is 9.83. The first-order valence-corrected chi connectivity index (χ1v) is 12.2. The predicted molar refractivity (Wildman–Crippen MR) is 140 cm³/mol. The van der Waals surface area contributed by atoms with Gasteiger partial charge in [0.2, 0.25) is 5.91 Å². The maximum absolute atomic E-state index is 12.7. The van der Waals surface area contributed by atoms with E-state index in [1.54, 1.807) is 6.07 Å². The monoisotopic (exact) mass is 488 g/mol. The van der Waals surface area contributed by atoms with Crippen molar-refractivity contribution in [1.29, 1.82) is 0 Å². The highest BCUT2D eigenvalue weighted by atomic mass is 16.5. The Kier molecular flexibility index (Phi) is 7.40. The summed E-state index contributed by atoms with van der Waals surface area (Å²) in [5, 5.41) is 18.5. The van der Waals surface area contributed by atoms with Crippen molar-refractivity contribution in [3.63, 3.8) is 0 Å². The third kappa shape index (κ3) is 5.41. The second-order valence-electron chi connectivity index (χ2n) is 10.0. The summed E-state index contributed by atoms with van der Waals surface area (Å²) in [6.45, 7) is 7.18. The Balaban J connectivity index is 1.82. The number of ether oxygens (including phenoxy) is 1. The van der Waals surface area contributed by atoms with E-state index in [2.05, 4.69) is 31.8 Å². The van der Waals surface area contributed by atoms with E-state index in [1.807, 2.05) is 35.2 Å². The fourth-order valence-electron chi connectivity index (χ4n) is 4.49. The van der Waals surface area contributed by atoms with Gasteiger partial charge in [-0.05, 0) is 71.8 Å². The van der Waals surface area contributed by atoms with E-state index < -0.39 is 5.97 Å². The Bertz CT molecular complexity index is 1260. The zero-order valence-electron chi connectivity index (χ0n) is 21.0. The number of hydrogen-bond donors (Lipinski definition) is 2. The molecule has 3 aromatic rings. The van der Waals surface area contributed by atoms with Crippen LogP contribution in [0.25, 0.3) is 22.4 Å². The van der Waals surface area contributed by atoms with Gasteiger partial charge in [0.25, 0.3) is 0 Å². The van der Waals surface area contributed by atoms with Crippen molar-refractivity contribution >= 4 is 17.6 Å². The van der Waals surface area contributed by atoms with Gasteiger partial charge in [0.05, 0.1) is 17.9 Å². The number of aliphatic hydroxyl groups is 1. The highest BCUT2D eigenvalue weighted by molar-refractivity contribution is 5.95. The van der Waals surface area contributed by atoms with Crippen molar-refractivity contribution < 1.29 is 24.5 Å². The molecule has 0 bridgehead atoms. The highest BCUT2D eigenvalue weighted by Crippen LogP contribution is 2.40. The molecule has 36 heavy (non-hydrogen) atoms. The summed E-state index contributed by atoms with van der Waals surface area (Å²) >= 11 is 0. The number of piperidine rings is 1. The van der Waals surface area contributed by atoms with Crippen LogP contribution >= 0.6 is 0 Å². The second-order valence-corrected chi connectivity index (χ2v) is 10.0. The molecule has 2 aromatic carbocycles. The van der Waals surface area contributed by atoms with Crippen LogP contribution in [0.3, 0.4) is 0 Å². The van der Waals surface area contributed by atoms with Crippen molar-refractivity contribution in [3.05, 3.63) is 65.9 Å². The Morgan fingerprint density at radius 1 is 1.06 bits per heavy atom. The number of pyridine rings is 1. The van der Waals surface area contributed by atoms with Crippen LogP contribution in [0.5, 0.6) is 5.75 Å². The number of benzene rings is 2. The van der Waals surface area contributed by atoms with Gasteiger partial charge in [0, 0.05) is 36.0 Å². The van der Waals surface area contributed by atoms with Crippen LogP contribution < -0.4 is 9.64 Å². The topological polar surface area (TPSA) is 100.0 Å². The van der Waals surface area contributed by atoms with Gasteiger partial charge in [0.1, 0.15) is 12.4 Å². The van der Waals surface area contributed by atoms with Crippen LogP contribution in [0.1, 0.15) is 56.0 Å². The average Bonchev–Trinajstić information content (AvgIpc) is 2.87. The number of rotatable bonds is 7. The summed E-state index contributed by atoms with van der Waals surface area (Å²) in [4.78, 5) is 30.1. The predicted octanol–water partition coefficient (Wildman–Crippen LogP) is 5.30. The van der Waals surface area contributed by atoms with Crippen molar-refractivity contribution in [2.45, 2.75) is 45.4 Å². The molecule has 0 aliphatic carbocycles. The number of anilines is 1. The van der Waals surface area contributed by atoms with Gasteiger partial charge in [-0.2, -0.15) is 0 Å². The van der Waals surface area contributed by atoms with E-state index in [0.29, 0.717) is 17.9 Å². The zero-order chi connectivity index (χ0) is 25.9. The summed E-state index contributed by atoms with van der Waals surface area (Å²) in [7, 11) is 0. The number of carboxylic acids is 1. The zero-order valence-corrected chi connectivity index (χ0v) is 21.0.